The molecule has 0 unspecified atom stereocenters. The third-order valence-corrected chi connectivity index (χ3v) is 3.63. The summed E-state index contributed by atoms with van der Waals surface area (Å²) in [5, 5.41) is 2.57. The molecule has 0 aromatic heterocycles. The fourth-order valence-corrected chi connectivity index (χ4v) is 2.46. The van der Waals surface area contributed by atoms with Gasteiger partial charge in [0.15, 0.2) is 0 Å². The van der Waals surface area contributed by atoms with Gasteiger partial charge in [-0.3, -0.25) is 9.59 Å². The molecule has 2 rings (SSSR count). The molecule has 1 amide bonds. The summed E-state index contributed by atoms with van der Waals surface area (Å²) >= 11 is 0. The molecule has 4 nitrogen and oxygen atoms in total. The summed E-state index contributed by atoms with van der Waals surface area (Å²) in [4.78, 5) is 23.3. The maximum atomic E-state index is 11.7. The molecule has 1 aliphatic rings. The number of nitrogens with one attached hydrogen (secondary N) is 1. The Kier molecular flexibility index (Phi) is 5.59. The van der Waals surface area contributed by atoms with E-state index in [1.807, 2.05) is 6.07 Å². The SMILES string of the molecule is O=C(CNC(=O)c1ccccc1)OCC1CCCCC1. The van der Waals surface area contributed by atoms with Gasteiger partial charge in [0.2, 0.25) is 0 Å². The number of amides is 1. The van der Waals surface area contributed by atoms with Crippen molar-refractivity contribution < 1.29 is 14.3 Å². The quantitative estimate of drug-likeness (QED) is 0.840. The average Bonchev–Trinajstić information content (AvgIpc) is 2.52. The summed E-state index contributed by atoms with van der Waals surface area (Å²) in [5.41, 5.74) is 0.549. The van der Waals surface area contributed by atoms with E-state index in [0.717, 1.165) is 12.8 Å². The van der Waals surface area contributed by atoms with Crippen molar-refractivity contribution in [2.24, 2.45) is 5.92 Å². The zero-order chi connectivity index (χ0) is 14.2. The number of rotatable bonds is 5. The number of carbonyl (C=O) groups excluding carboxylic acids is 2. The van der Waals surface area contributed by atoms with Gasteiger partial charge in [0.1, 0.15) is 6.54 Å². The van der Waals surface area contributed by atoms with Gasteiger partial charge in [-0.15, -0.1) is 0 Å². The van der Waals surface area contributed by atoms with Gasteiger partial charge in [0, 0.05) is 5.56 Å². The number of hydrogen-bond donors (Lipinski definition) is 1. The Morgan fingerprint density at radius 3 is 2.50 bits per heavy atom. The van der Waals surface area contributed by atoms with Crippen LogP contribution in [-0.2, 0) is 9.53 Å². The van der Waals surface area contributed by atoms with E-state index >= 15 is 0 Å². The Hall–Kier alpha value is -1.84. The van der Waals surface area contributed by atoms with E-state index in [9.17, 15) is 9.59 Å². The summed E-state index contributed by atoms with van der Waals surface area (Å²) in [6.45, 7) is 0.417. The van der Waals surface area contributed by atoms with E-state index in [4.69, 9.17) is 4.74 Å². The lowest BCUT2D eigenvalue weighted by molar-refractivity contribution is -0.144. The standard InChI is InChI=1S/C16H21NO3/c18-15(20-12-13-7-3-1-4-8-13)11-17-16(19)14-9-5-2-6-10-14/h2,5-6,9-10,13H,1,3-4,7-8,11-12H2,(H,17,19). The lowest BCUT2D eigenvalue weighted by atomic mass is 9.90. The third-order valence-electron chi connectivity index (χ3n) is 3.63. The Morgan fingerprint density at radius 1 is 1.10 bits per heavy atom. The summed E-state index contributed by atoms with van der Waals surface area (Å²) in [5.74, 6) is -0.113. The number of ether oxygens (including phenoxy) is 1. The minimum atomic E-state index is -0.361. The maximum absolute atomic E-state index is 11.7. The van der Waals surface area contributed by atoms with Crippen molar-refractivity contribution in [1.29, 1.82) is 0 Å². The number of carbonyl (C=O) groups is 2. The highest BCUT2D eigenvalue weighted by Gasteiger charge is 2.15. The monoisotopic (exact) mass is 275 g/mol. The van der Waals surface area contributed by atoms with E-state index in [1.54, 1.807) is 24.3 Å². The van der Waals surface area contributed by atoms with Crippen molar-refractivity contribution in [3.05, 3.63) is 35.9 Å². The third kappa shape index (κ3) is 4.68. The smallest absolute Gasteiger partial charge is 0.325 e. The predicted molar refractivity (Wildman–Crippen MR) is 76.3 cm³/mol. The van der Waals surface area contributed by atoms with Crippen molar-refractivity contribution in [2.45, 2.75) is 32.1 Å². The van der Waals surface area contributed by atoms with Gasteiger partial charge < -0.3 is 10.1 Å². The molecule has 0 saturated heterocycles. The molecule has 108 valence electrons. The predicted octanol–water partition coefficient (Wildman–Crippen LogP) is 2.54. The molecule has 1 N–H and O–H groups in total. The average molecular weight is 275 g/mol. The van der Waals surface area contributed by atoms with Crippen LogP contribution in [0.2, 0.25) is 0 Å². The highest BCUT2D eigenvalue weighted by atomic mass is 16.5. The molecule has 0 bridgehead atoms. The maximum Gasteiger partial charge on any atom is 0.325 e. The zero-order valence-corrected chi connectivity index (χ0v) is 11.6. The van der Waals surface area contributed by atoms with Crippen molar-refractivity contribution in [3.63, 3.8) is 0 Å². The first-order chi connectivity index (χ1) is 9.75. The van der Waals surface area contributed by atoms with Crippen LogP contribution in [0.3, 0.4) is 0 Å². The molecular formula is C16H21NO3. The Bertz CT molecular complexity index is 438. The summed E-state index contributed by atoms with van der Waals surface area (Å²) in [6, 6.07) is 8.84. The van der Waals surface area contributed by atoms with E-state index in [-0.39, 0.29) is 18.4 Å². The molecule has 1 aromatic rings. The highest BCUT2D eigenvalue weighted by Crippen LogP contribution is 2.23. The van der Waals surface area contributed by atoms with Gasteiger partial charge in [-0.1, -0.05) is 37.5 Å². The van der Waals surface area contributed by atoms with E-state index in [0.29, 0.717) is 18.1 Å². The molecule has 1 aromatic carbocycles. The second kappa shape index (κ2) is 7.68. The largest absolute Gasteiger partial charge is 0.464 e. The molecule has 1 aliphatic carbocycles. The molecule has 0 heterocycles. The lowest BCUT2D eigenvalue weighted by Gasteiger charge is -2.21. The molecule has 0 aliphatic heterocycles. The molecule has 1 fully saturated rings. The minimum absolute atomic E-state index is 0.0690. The first-order valence-electron chi connectivity index (χ1n) is 7.24. The van der Waals surface area contributed by atoms with Crippen molar-refractivity contribution >= 4 is 11.9 Å². The zero-order valence-electron chi connectivity index (χ0n) is 11.6. The van der Waals surface area contributed by atoms with Crippen molar-refractivity contribution in [2.75, 3.05) is 13.2 Å². The molecule has 0 spiro atoms. The van der Waals surface area contributed by atoms with E-state index in [2.05, 4.69) is 5.32 Å². The number of esters is 1. The lowest BCUT2D eigenvalue weighted by Crippen LogP contribution is -2.31. The number of benzene rings is 1. The highest BCUT2D eigenvalue weighted by molar-refractivity contribution is 5.95. The van der Waals surface area contributed by atoms with Crippen molar-refractivity contribution in [1.82, 2.24) is 5.32 Å². The Morgan fingerprint density at radius 2 is 1.80 bits per heavy atom. The summed E-state index contributed by atoms with van der Waals surface area (Å²) in [7, 11) is 0. The molecular weight excluding hydrogens is 254 g/mol. The minimum Gasteiger partial charge on any atom is -0.464 e. The Balaban J connectivity index is 1.66. The van der Waals surface area contributed by atoms with Crippen molar-refractivity contribution in [3.8, 4) is 0 Å². The van der Waals surface area contributed by atoms with Crippen LogP contribution in [-0.4, -0.2) is 25.0 Å². The first-order valence-corrected chi connectivity index (χ1v) is 7.24. The summed E-state index contributed by atoms with van der Waals surface area (Å²) in [6.07, 6.45) is 6.03. The fourth-order valence-electron chi connectivity index (χ4n) is 2.46. The van der Waals surface area contributed by atoms with E-state index in [1.165, 1.54) is 19.3 Å². The summed E-state index contributed by atoms with van der Waals surface area (Å²) < 4.78 is 5.21. The second-order valence-electron chi connectivity index (χ2n) is 5.24. The van der Waals surface area contributed by atoms with Gasteiger partial charge in [-0.25, -0.2) is 0 Å². The van der Waals surface area contributed by atoms with Crippen LogP contribution in [0, 0.1) is 5.92 Å². The van der Waals surface area contributed by atoms with Crippen LogP contribution in [0.5, 0.6) is 0 Å². The van der Waals surface area contributed by atoms with Gasteiger partial charge in [-0.05, 0) is 30.9 Å². The van der Waals surface area contributed by atoms with Crippen LogP contribution in [0.25, 0.3) is 0 Å². The Labute approximate surface area is 119 Å². The topological polar surface area (TPSA) is 55.4 Å². The van der Waals surface area contributed by atoms with Gasteiger partial charge in [0.05, 0.1) is 6.61 Å². The van der Waals surface area contributed by atoms with Crippen LogP contribution < -0.4 is 5.32 Å². The normalized spacial score (nSPS) is 15.6. The first kappa shape index (κ1) is 14.6. The molecule has 4 heteroatoms. The molecule has 0 atom stereocenters. The van der Waals surface area contributed by atoms with Crippen LogP contribution >= 0.6 is 0 Å². The van der Waals surface area contributed by atoms with Gasteiger partial charge >= 0.3 is 5.97 Å². The number of hydrogen-bond acceptors (Lipinski definition) is 3. The van der Waals surface area contributed by atoms with Crippen LogP contribution in [0.4, 0.5) is 0 Å². The molecule has 1 saturated carbocycles. The van der Waals surface area contributed by atoms with Gasteiger partial charge in [-0.2, -0.15) is 0 Å². The van der Waals surface area contributed by atoms with Gasteiger partial charge in [0.25, 0.3) is 5.91 Å². The van der Waals surface area contributed by atoms with Crippen LogP contribution in [0.15, 0.2) is 30.3 Å². The second-order valence-corrected chi connectivity index (χ2v) is 5.24. The molecule has 20 heavy (non-hydrogen) atoms. The van der Waals surface area contributed by atoms with E-state index < -0.39 is 0 Å². The fraction of sp³-hybridized carbons (Fsp3) is 0.500. The molecule has 0 radical (unpaired) electrons. The van der Waals surface area contributed by atoms with Crippen LogP contribution in [0.1, 0.15) is 42.5 Å².